The maximum absolute atomic E-state index is 13.4. The third kappa shape index (κ3) is 5.65. The Labute approximate surface area is 264 Å². The zero-order valence-electron chi connectivity index (χ0n) is 25.6. The minimum atomic E-state index is -3.04. The first-order valence-corrected chi connectivity index (χ1v) is 15.6. The molecule has 7 rings (SSSR count). The summed E-state index contributed by atoms with van der Waals surface area (Å²) in [6.45, 7) is 2.77. The summed E-state index contributed by atoms with van der Waals surface area (Å²) in [7, 11) is 0. The summed E-state index contributed by atoms with van der Waals surface area (Å²) < 4.78 is 37.8. The molecule has 2 aliphatic rings. The van der Waals surface area contributed by atoms with Crippen LogP contribution in [0.15, 0.2) is 59.1 Å². The van der Waals surface area contributed by atoms with Crippen LogP contribution in [0, 0.1) is 13.8 Å². The van der Waals surface area contributed by atoms with Crippen LogP contribution in [0.2, 0.25) is 0 Å². The van der Waals surface area contributed by atoms with Crippen LogP contribution >= 0.6 is 0 Å². The molecule has 0 radical (unpaired) electrons. The minimum Gasteiger partial charge on any atom is -0.480 e. The Hall–Kier alpha value is -4.61. The summed E-state index contributed by atoms with van der Waals surface area (Å²) in [6, 6.07) is 14.8. The maximum Gasteiger partial charge on any atom is 0.387 e. The van der Waals surface area contributed by atoms with E-state index in [2.05, 4.69) is 35.4 Å². The molecule has 0 saturated carbocycles. The number of hydrogen-bond acceptors (Lipinski definition) is 7. The highest BCUT2D eigenvalue weighted by Gasteiger charge is 2.31. The van der Waals surface area contributed by atoms with Crippen molar-refractivity contribution in [3.63, 3.8) is 0 Å². The van der Waals surface area contributed by atoms with Crippen molar-refractivity contribution < 1.29 is 27.8 Å². The molecule has 9 nitrogen and oxygen atoms in total. The van der Waals surface area contributed by atoms with E-state index >= 15 is 0 Å². The van der Waals surface area contributed by atoms with Gasteiger partial charge in [-0.3, -0.25) is 9.69 Å². The molecule has 2 saturated heterocycles. The first-order valence-electron chi connectivity index (χ1n) is 15.6. The first-order chi connectivity index (χ1) is 22.3. The van der Waals surface area contributed by atoms with Gasteiger partial charge in [-0.1, -0.05) is 30.3 Å². The van der Waals surface area contributed by atoms with E-state index in [9.17, 15) is 18.7 Å². The third-order valence-corrected chi connectivity index (χ3v) is 9.26. The lowest BCUT2D eigenvalue weighted by Gasteiger charge is -2.22. The molecule has 46 heavy (non-hydrogen) atoms. The number of ether oxygens (including phenoxy) is 1. The Morgan fingerprint density at radius 1 is 1.04 bits per heavy atom. The number of hydrogen-bond donors (Lipinski definition) is 3. The number of benzene rings is 3. The quantitative estimate of drug-likeness (QED) is 0.157. The van der Waals surface area contributed by atoms with Gasteiger partial charge in [0, 0.05) is 35.5 Å². The summed E-state index contributed by atoms with van der Waals surface area (Å²) in [4.78, 5) is 26.5. The highest BCUT2D eigenvalue weighted by molar-refractivity contribution is 5.84. The number of nitrogens with one attached hydrogen (secondary N) is 2. The molecule has 0 amide bonds. The molecule has 238 valence electrons. The van der Waals surface area contributed by atoms with Gasteiger partial charge in [-0.25, -0.2) is 9.97 Å². The van der Waals surface area contributed by atoms with Crippen molar-refractivity contribution in [1.82, 2.24) is 25.2 Å². The molecule has 4 heterocycles. The van der Waals surface area contributed by atoms with Crippen molar-refractivity contribution in [3.8, 4) is 39.6 Å². The number of rotatable bonds is 9. The Morgan fingerprint density at radius 3 is 2.50 bits per heavy atom. The zero-order chi connectivity index (χ0) is 31.9. The normalized spacial score (nSPS) is 18.6. The van der Waals surface area contributed by atoms with Crippen LogP contribution in [-0.2, 0) is 11.3 Å². The summed E-state index contributed by atoms with van der Waals surface area (Å²) in [6.07, 6.45) is 5.41. The second-order valence-corrected chi connectivity index (χ2v) is 12.1. The Bertz CT molecular complexity index is 1910. The van der Waals surface area contributed by atoms with Crippen LogP contribution in [0.5, 0.6) is 5.75 Å². The molecule has 2 aliphatic heterocycles. The van der Waals surface area contributed by atoms with E-state index in [1.165, 1.54) is 6.07 Å². The lowest BCUT2D eigenvalue weighted by atomic mass is 9.91. The number of fused-ring (bicyclic) bond motifs is 1. The van der Waals surface area contributed by atoms with Gasteiger partial charge in [-0.05, 0) is 87.0 Å². The number of imidazole rings is 1. The molecule has 2 atom stereocenters. The Kier molecular flexibility index (Phi) is 8.04. The molecule has 3 N–H and O–H groups in total. The number of nitrogens with zero attached hydrogens (tertiary/aromatic N) is 3. The van der Waals surface area contributed by atoms with Gasteiger partial charge in [0.05, 0.1) is 11.7 Å². The molecule has 5 aromatic rings. The molecule has 0 spiro atoms. The molecule has 11 heteroatoms. The van der Waals surface area contributed by atoms with E-state index in [4.69, 9.17) is 19.1 Å². The first kappa shape index (κ1) is 30.1. The van der Waals surface area contributed by atoms with Crippen molar-refractivity contribution in [2.24, 2.45) is 0 Å². The van der Waals surface area contributed by atoms with E-state index in [0.717, 1.165) is 70.7 Å². The molecule has 0 bridgehead atoms. The van der Waals surface area contributed by atoms with Crippen LogP contribution < -0.4 is 10.1 Å². The molecule has 1 unspecified atom stereocenters. The second-order valence-electron chi connectivity index (χ2n) is 12.1. The van der Waals surface area contributed by atoms with Crippen molar-refractivity contribution in [1.29, 1.82) is 0 Å². The van der Waals surface area contributed by atoms with E-state index in [-0.39, 0.29) is 18.3 Å². The monoisotopic (exact) mass is 627 g/mol. The molecular weight excluding hydrogens is 592 g/mol. The van der Waals surface area contributed by atoms with Crippen LogP contribution in [0.25, 0.3) is 44.9 Å². The molecule has 2 aromatic heterocycles. The number of carboxylic acid groups (broad SMARTS) is 1. The highest BCUT2D eigenvalue weighted by atomic mass is 19.3. The molecule has 3 aromatic carbocycles. The number of oxazole rings is 1. The van der Waals surface area contributed by atoms with Crippen LogP contribution in [0.3, 0.4) is 0 Å². The van der Waals surface area contributed by atoms with Gasteiger partial charge in [0.25, 0.3) is 0 Å². The van der Waals surface area contributed by atoms with Gasteiger partial charge < -0.3 is 24.6 Å². The van der Waals surface area contributed by atoms with Crippen LogP contribution in [0.4, 0.5) is 8.78 Å². The van der Waals surface area contributed by atoms with E-state index in [1.54, 1.807) is 11.0 Å². The van der Waals surface area contributed by atoms with E-state index in [1.807, 2.05) is 31.3 Å². The number of likely N-dealkylation sites (tertiary alicyclic amines) is 1. The Balaban J connectivity index is 1.23. The van der Waals surface area contributed by atoms with Crippen molar-refractivity contribution in [2.45, 2.75) is 64.8 Å². The van der Waals surface area contributed by atoms with Gasteiger partial charge >= 0.3 is 12.6 Å². The number of carbonyl (C=O) groups is 1. The SMILES string of the molecule is Cc1c(-c2c[nH]c(C3CCCN3)n2)cccc1-c1cccc(-c2nc3cc(CN4CCC[C@H]4C(=O)O)c(OC(F)F)cc3o2)c1C. The fraction of sp³-hybridized carbons (Fsp3) is 0.343. The van der Waals surface area contributed by atoms with Gasteiger partial charge in [-0.15, -0.1) is 0 Å². The number of H-pyrrole nitrogens is 1. The highest BCUT2D eigenvalue weighted by Crippen LogP contribution is 2.38. The van der Waals surface area contributed by atoms with Crippen LogP contribution in [0.1, 0.15) is 54.2 Å². The number of carboxylic acids is 1. The number of alkyl halides is 2. The number of aromatic nitrogens is 3. The van der Waals surface area contributed by atoms with Gasteiger partial charge in [0.2, 0.25) is 5.89 Å². The van der Waals surface area contributed by atoms with Gasteiger partial charge in [0.15, 0.2) is 5.58 Å². The second kappa shape index (κ2) is 12.3. The van der Waals surface area contributed by atoms with Gasteiger partial charge in [0.1, 0.15) is 23.1 Å². The zero-order valence-corrected chi connectivity index (χ0v) is 25.6. The van der Waals surface area contributed by atoms with Crippen molar-refractivity contribution in [2.75, 3.05) is 13.1 Å². The average Bonchev–Trinajstić information content (AvgIpc) is 3.85. The molecule has 0 aliphatic carbocycles. The number of aliphatic carboxylic acids is 1. The fourth-order valence-electron chi connectivity index (χ4n) is 6.89. The summed E-state index contributed by atoms with van der Waals surface area (Å²) in [5.74, 6) is 0.336. The summed E-state index contributed by atoms with van der Waals surface area (Å²) in [5, 5.41) is 13.1. The Morgan fingerprint density at radius 2 is 1.78 bits per heavy atom. The smallest absolute Gasteiger partial charge is 0.387 e. The average molecular weight is 628 g/mol. The number of aromatic amines is 1. The van der Waals surface area contributed by atoms with Gasteiger partial charge in [-0.2, -0.15) is 8.78 Å². The summed E-state index contributed by atoms with van der Waals surface area (Å²) >= 11 is 0. The standard InChI is InChI=1S/C35H35F2N5O4/c1-19-22(7-3-9-24(19)28-17-39-32(40-28)26-11-5-13-38-26)23-8-4-10-25(20(23)2)33-41-27-15-21(18-42-14-6-12-29(42)34(43)44)30(46-35(36)37)16-31(27)45-33/h3-4,7-10,15-17,26,29,35,38H,5-6,11-14,18H2,1-2H3,(H,39,40)(H,43,44)/t26?,29-/m0/s1. The lowest BCUT2D eigenvalue weighted by Crippen LogP contribution is -2.35. The molecule has 2 fully saturated rings. The largest absolute Gasteiger partial charge is 0.480 e. The lowest BCUT2D eigenvalue weighted by molar-refractivity contribution is -0.142. The predicted molar refractivity (Wildman–Crippen MR) is 170 cm³/mol. The van der Waals surface area contributed by atoms with E-state index < -0.39 is 18.6 Å². The topological polar surface area (TPSA) is 117 Å². The number of halogens is 2. The minimum absolute atomic E-state index is 0.0515. The molecular formula is C35H35F2N5O4. The van der Waals surface area contributed by atoms with Crippen molar-refractivity contribution >= 4 is 17.1 Å². The van der Waals surface area contributed by atoms with Crippen LogP contribution in [-0.4, -0.2) is 56.7 Å². The van der Waals surface area contributed by atoms with Crippen molar-refractivity contribution in [3.05, 3.63) is 77.2 Å². The summed E-state index contributed by atoms with van der Waals surface area (Å²) in [5.41, 5.74) is 8.07. The fourth-order valence-corrected chi connectivity index (χ4v) is 6.89. The third-order valence-electron chi connectivity index (χ3n) is 9.26. The predicted octanol–water partition coefficient (Wildman–Crippen LogP) is 7.24. The van der Waals surface area contributed by atoms with E-state index in [0.29, 0.717) is 35.5 Å². The maximum atomic E-state index is 13.4.